The molecule has 2 heterocycles. The Morgan fingerprint density at radius 2 is 1.77 bits per heavy atom. The average molecular weight is 463 g/mol. The van der Waals surface area contributed by atoms with Gasteiger partial charge in [0.15, 0.2) is 11.5 Å². The molecule has 31 heavy (non-hydrogen) atoms. The van der Waals surface area contributed by atoms with Crippen LogP contribution in [0.5, 0.6) is 11.5 Å². The second-order valence-electron chi connectivity index (χ2n) is 7.60. The molecular formula is C22H26N2O5S2. The Morgan fingerprint density at radius 3 is 2.45 bits per heavy atom. The van der Waals surface area contributed by atoms with Crippen molar-refractivity contribution in [2.75, 3.05) is 32.5 Å². The van der Waals surface area contributed by atoms with Crippen molar-refractivity contribution in [2.24, 2.45) is 5.92 Å². The summed E-state index contributed by atoms with van der Waals surface area (Å²) in [6.07, 6.45) is 2.70. The molecule has 2 aromatic rings. The minimum Gasteiger partial charge on any atom is -0.486 e. The van der Waals surface area contributed by atoms with Crippen LogP contribution >= 0.6 is 11.8 Å². The molecule has 7 nitrogen and oxygen atoms in total. The van der Waals surface area contributed by atoms with Gasteiger partial charge in [0.2, 0.25) is 15.9 Å². The van der Waals surface area contributed by atoms with E-state index in [-0.39, 0.29) is 17.9 Å². The van der Waals surface area contributed by atoms with Gasteiger partial charge in [-0.1, -0.05) is 12.1 Å². The van der Waals surface area contributed by atoms with Crippen LogP contribution in [0.25, 0.3) is 0 Å². The molecule has 0 aromatic heterocycles. The van der Waals surface area contributed by atoms with Crippen molar-refractivity contribution < 1.29 is 22.7 Å². The maximum Gasteiger partial charge on any atom is 0.243 e. The SMILES string of the molecule is CSc1ccc(S(=O)(=O)N2CCC(C(=O)NCC3COc4ccccc4O3)CC2)cc1. The van der Waals surface area contributed by atoms with Gasteiger partial charge in [-0.25, -0.2) is 8.42 Å². The van der Waals surface area contributed by atoms with Crippen LogP contribution in [0.15, 0.2) is 58.3 Å². The highest BCUT2D eigenvalue weighted by Crippen LogP contribution is 2.31. The van der Waals surface area contributed by atoms with E-state index in [4.69, 9.17) is 9.47 Å². The summed E-state index contributed by atoms with van der Waals surface area (Å²) >= 11 is 1.57. The first-order valence-corrected chi connectivity index (χ1v) is 12.9. The van der Waals surface area contributed by atoms with E-state index < -0.39 is 10.0 Å². The molecule has 0 aliphatic carbocycles. The summed E-state index contributed by atoms with van der Waals surface area (Å²) < 4.78 is 38.8. The van der Waals surface area contributed by atoms with Gasteiger partial charge in [-0.2, -0.15) is 4.31 Å². The van der Waals surface area contributed by atoms with Gasteiger partial charge in [0.05, 0.1) is 11.4 Å². The van der Waals surface area contributed by atoms with Gasteiger partial charge in [-0.3, -0.25) is 4.79 Å². The van der Waals surface area contributed by atoms with Crippen LogP contribution < -0.4 is 14.8 Å². The first-order valence-electron chi connectivity index (χ1n) is 10.3. The monoisotopic (exact) mass is 462 g/mol. The third-order valence-corrected chi connectivity index (χ3v) is 8.25. The van der Waals surface area contributed by atoms with E-state index in [1.807, 2.05) is 42.7 Å². The average Bonchev–Trinajstić information content (AvgIpc) is 2.82. The number of carbonyl (C=O) groups is 1. The Morgan fingerprint density at radius 1 is 1.10 bits per heavy atom. The van der Waals surface area contributed by atoms with Gasteiger partial charge < -0.3 is 14.8 Å². The number of fused-ring (bicyclic) bond motifs is 1. The molecule has 2 aliphatic rings. The number of piperidine rings is 1. The van der Waals surface area contributed by atoms with E-state index in [9.17, 15) is 13.2 Å². The number of amides is 1. The maximum absolute atomic E-state index is 12.9. The summed E-state index contributed by atoms with van der Waals surface area (Å²) in [6, 6.07) is 14.4. The summed E-state index contributed by atoms with van der Waals surface area (Å²) in [6.45, 7) is 1.40. The third-order valence-electron chi connectivity index (χ3n) is 5.59. The van der Waals surface area contributed by atoms with Crippen molar-refractivity contribution in [3.05, 3.63) is 48.5 Å². The molecule has 1 N–H and O–H groups in total. The molecule has 1 saturated heterocycles. The van der Waals surface area contributed by atoms with Gasteiger partial charge in [0.1, 0.15) is 12.7 Å². The number of nitrogens with zero attached hydrogens (tertiary/aromatic N) is 1. The lowest BCUT2D eigenvalue weighted by atomic mass is 9.97. The van der Waals surface area contributed by atoms with Gasteiger partial charge >= 0.3 is 0 Å². The van der Waals surface area contributed by atoms with E-state index in [2.05, 4.69) is 5.32 Å². The van der Waals surface area contributed by atoms with E-state index in [0.29, 0.717) is 55.5 Å². The maximum atomic E-state index is 12.9. The Bertz CT molecular complexity index is 1020. The summed E-state index contributed by atoms with van der Waals surface area (Å²) in [5, 5.41) is 2.94. The number of hydrogen-bond donors (Lipinski definition) is 1. The van der Waals surface area contributed by atoms with Crippen LogP contribution in [0, 0.1) is 5.92 Å². The highest BCUT2D eigenvalue weighted by molar-refractivity contribution is 7.98. The van der Waals surface area contributed by atoms with Crippen LogP contribution in [0.4, 0.5) is 0 Å². The van der Waals surface area contributed by atoms with Gasteiger partial charge in [-0.05, 0) is 55.5 Å². The Labute approximate surface area is 187 Å². The molecule has 0 spiro atoms. The molecule has 4 rings (SSSR count). The number of ether oxygens (including phenoxy) is 2. The second kappa shape index (κ2) is 9.50. The molecule has 9 heteroatoms. The molecule has 1 atom stereocenters. The fraction of sp³-hybridized carbons (Fsp3) is 0.409. The Hall–Kier alpha value is -2.23. The smallest absolute Gasteiger partial charge is 0.243 e. The van der Waals surface area contributed by atoms with E-state index in [0.717, 1.165) is 4.90 Å². The van der Waals surface area contributed by atoms with Crippen LogP contribution in [0.2, 0.25) is 0 Å². The standard InChI is InChI=1S/C22H26N2O5S2/c1-30-18-6-8-19(9-7-18)31(26,27)24-12-10-16(11-13-24)22(25)23-14-17-15-28-20-4-2-3-5-21(20)29-17/h2-9,16-17H,10-15H2,1H3,(H,23,25). The molecule has 1 amide bonds. The van der Waals surface area contributed by atoms with E-state index >= 15 is 0 Å². The van der Waals surface area contributed by atoms with Crippen molar-refractivity contribution in [1.82, 2.24) is 9.62 Å². The lowest BCUT2D eigenvalue weighted by Gasteiger charge is -2.31. The number of nitrogens with one attached hydrogen (secondary N) is 1. The lowest BCUT2D eigenvalue weighted by Crippen LogP contribution is -2.46. The fourth-order valence-corrected chi connectivity index (χ4v) is 5.66. The zero-order valence-electron chi connectivity index (χ0n) is 17.3. The third kappa shape index (κ3) is 4.99. The summed E-state index contributed by atoms with van der Waals surface area (Å²) in [7, 11) is -3.54. The number of rotatable bonds is 6. The predicted octanol–water partition coefficient (Wildman–Crippen LogP) is 2.77. The number of benzene rings is 2. The van der Waals surface area contributed by atoms with Crippen molar-refractivity contribution >= 4 is 27.7 Å². The summed E-state index contributed by atoms with van der Waals surface area (Å²) in [4.78, 5) is 13.9. The van der Waals surface area contributed by atoms with E-state index in [1.165, 1.54) is 4.31 Å². The van der Waals surface area contributed by atoms with E-state index in [1.54, 1.807) is 23.9 Å². The highest BCUT2D eigenvalue weighted by Gasteiger charge is 2.32. The highest BCUT2D eigenvalue weighted by atomic mass is 32.2. The Kier molecular flexibility index (Phi) is 6.74. The summed E-state index contributed by atoms with van der Waals surface area (Å²) in [5.74, 6) is 1.12. The number of thioether (sulfide) groups is 1. The topological polar surface area (TPSA) is 84.9 Å². The molecule has 2 aromatic carbocycles. The van der Waals surface area contributed by atoms with Crippen molar-refractivity contribution in [1.29, 1.82) is 0 Å². The number of para-hydroxylation sites is 2. The number of carbonyl (C=O) groups excluding carboxylic acids is 1. The fourth-order valence-electron chi connectivity index (χ4n) is 3.78. The van der Waals surface area contributed by atoms with Crippen LogP contribution in [-0.4, -0.2) is 57.2 Å². The zero-order valence-corrected chi connectivity index (χ0v) is 19.0. The first kappa shape index (κ1) is 22.0. The van der Waals surface area contributed by atoms with Gasteiger partial charge in [0.25, 0.3) is 0 Å². The number of hydrogen-bond acceptors (Lipinski definition) is 6. The molecular weight excluding hydrogens is 436 g/mol. The Balaban J connectivity index is 1.27. The minimum atomic E-state index is -3.54. The van der Waals surface area contributed by atoms with Gasteiger partial charge in [-0.15, -0.1) is 11.8 Å². The molecule has 2 aliphatic heterocycles. The van der Waals surface area contributed by atoms with Crippen molar-refractivity contribution in [2.45, 2.75) is 28.7 Å². The van der Waals surface area contributed by atoms with Crippen molar-refractivity contribution in [3.63, 3.8) is 0 Å². The van der Waals surface area contributed by atoms with Crippen molar-refractivity contribution in [3.8, 4) is 11.5 Å². The second-order valence-corrected chi connectivity index (χ2v) is 10.4. The molecule has 0 bridgehead atoms. The zero-order chi connectivity index (χ0) is 21.8. The van der Waals surface area contributed by atoms with Crippen LogP contribution in [0.1, 0.15) is 12.8 Å². The molecule has 1 fully saturated rings. The van der Waals surface area contributed by atoms with Gasteiger partial charge in [0, 0.05) is 23.9 Å². The largest absolute Gasteiger partial charge is 0.486 e. The van der Waals surface area contributed by atoms with Crippen LogP contribution in [-0.2, 0) is 14.8 Å². The quantitative estimate of drug-likeness (QED) is 0.665. The summed E-state index contributed by atoms with van der Waals surface area (Å²) in [5.41, 5.74) is 0. The molecule has 0 saturated carbocycles. The molecule has 1 unspecified atom stereocenters. The lowest BCUT2D eigenvalue weighted by molar-refractivity contribution is -0.126. The first-order chi connectivity index (χ1) is 15.0. The van der Waals surface area contributed by atoms with Crippen LogP contribution in [0.3, 0.4) is 0 Å². The number of sulfonamides is 1. The molecule has 0 radical (unpaired) electrons. The molecule has 166 valence electrons. The minimum absolute atomic E-state index is 0.0659. The predicted molar refractivity (Wildman–Crippen MR) is 119 cm³/mol. The normalized spacial score (nSPS) is 19.7.